The fourth-order valence-electron chi connectivity index (χ4n) is 4.02. The van der Waals surface area contributed by atoms with Crippen LogP contribution in [-0.2, 0) is 6.61 Å². The van der Waals surface area contributed by atoms with Gasteiger partial charge in [0.15, 0.2) is 5.82 Å². The molecule has 1 aliphatic heterocycles. The van der Waals surface area contributed by atoms with E-state index in [1.807, 2.05) is 37.3 Å². The Morgan fingerprint density at radius 3 is 2.51 bits per heavy atom. The SMILES string of the molecule is Cc1cc(OCc2nnc3n2N=C(c2cc(F)c(Cl)cc2Cl)/C(=C/c2ccc(-c4ccc(Cl)cc4)o2)S3)ccc1Cl. The number of halogens is 5. The van der Waals surface area contributed by atoms with E-state index < -0.39 is 5.82 Å². The molecule has 2 aromatic heterocycles. The minimum atomic E-state index is -0.627. The standard InChI is InChI=1S/C29H17Cl4FN4O2S/c1-15-10-18(6-8-21(15)31)39-14-27-35-36-29-38(27)37-28(20-12-24(34)23(33)13-22(20)32)26(41-29)11-19-7-9-25(40-19)16-2-4-17(30)5-3-16/h2-13H,14H2,1H3/b26-11-. The monoisotopic (exact) mass is 644 g/mol. The summed E-state index contributed by atoms with van der Waals surface area (Å²) in [4.78, 5) is 0.617. The molecule has 0 aliphatic carbocycles. The van der Waals surface area contributed by atoms with Gasteiger partial charge in [-0.05, 0) is 97.1 Å². The lowest BCUT2D eigenvalue weighted by molar-refractivity contribution is 0.289. The van der Waals surface area contributed by atoms with E-state index in [-0.39, 0.29) is 16.7 Å². The molecular weight excluding hydrogens is 629 g/mol. The number of rotatable bonds is 6. The van der Waals surface area contributed by atoms with Crippen LogP contribution >= 0.6 is 58.2 Å². The molecule has 12 heteroatoms. The van der Waals surface area contributed by atoms with Gasteiger partial charge in [0.2, 0.25) is 5.16 Å². The zero-order chi connectivity index (χ0) is 28.7. The Labute approximate surface area is 258 Å². The molecule has 3 heterocycles. The summed E-state index contributed by atoms with van der Waals surface area (Å²) in [5.74, 6) is 1.63. The number of aromatic nitrogens is 3. The smallest absolute Gasteiger partial charge is 0.217 e. The molecule has 0 spiro atoms. The number of allylic oxidation sites excluding steroid dienone is 1. The number of aryl methyl sites for hydroxylation is 1. The summed E-state index contributed by atoms with van der Waals surface area (Å²) in [6.07, 6.45) is 1.79. The number of hydrogen-bond donors (Lipinski definition) is 0. The molecule has 0 unspecified atom stereocenters. The summed E-state index contributed by atoms with van der Waals surface area (Å²) in [5.41, 5.74) is 2.48. The van der Waals surface area contributed by atoms with Gasteiger partial charge in [-0.1, -0.05) is 46.4 Å². The molecule has 41 heavy (non-hydrogen) atoms. The minimum absolute atomic E-state index is 0.0792. The molecule has 0 fully saturated rings. The molecule has 0 atom stereocenters. The van der Waals surface area contributed by atoms with E-state index in [1.54, 1.807) is 35.0 Å². The van der Waals surface area contributed by atoms with Gasteiger partial charge in [0.25, 0.3) is 0 Å². The van der Waals surface area contributed by atoms with Crippen molar-refractivity contribution in [1.82, 2.24) is 14.9 Å². The molecule has 0 bridgehead atoms. The molecule has 5 aromatic rings. The van der Waals surface area contributed by atoms with Gasteiger partial charge in [-0.25, -0.2) is 4.39 Å². The fourth-order valence-corrected chi connectivity index (χ4v) is 5.67. The van der Waals surface area contributed by atoms with Crippen molar-refractivity contribution in [3.63, 3.8) is 0 Å². The van der Waals surface area contributed by atoms with Crippen molar-refractivity contribution in [1.29, 1.82) is 0 Å². The van der Waals surface area contributed by atoms with Crippen molar-refractivity contribution in [3.8, 4) is 17.1 Å². The first-order chi connectivity index (χ1) is 19.7. The van der Waals surface area contributed by atoms with Gasteiger partial charge in [-0.3, -0.25) is 0 Å². The number of thioether (sulfide) groups is 1. The molecule has 0 saturated heterocycles. The third-order valence-electron chi connectivity index (χ3n) is 6.10. The highest BCUT2D eigenvalue weighted by Gasteiger charge is 2.27. The Bertz CT molecular complexity index is 1850. The summed E-state index contributed by atoms with van der Waals surface area (Å²) < 4.78 is 28.2. The maximum Gasteiger partial charge on any atom is 0.217 e. The maximum atomic E-state index is 14.6. The first-order valence-corrected chi connectivity index (χ1v) is 14.4. The van der Waals surface area contributed by atoms with Gasteiger partial charge < -0.3 is 9.15 Å². The zero-order valence-electron chi connectivity index (χ0n) is 21.0. The van der Waals surface area contributed by atoms with Gasteiger partial charge in [0, 0.05) is 26.1 Å². The predicted molar refractivity (Wildman–Crippen MR) is 162 cm³/mol. The Balaban J connectivity index is 1.38. The zero-order valence-corrected chi connectivity index (χ0v) is 24.9. The van der Waals surface area contributed by atoms with Crippen molar-refractivity contribution in [3.05, 3.63) is 120 Å². The quantitative estimate of drug-likeness (QED) is 0.172. The number of hydrogen-bond acceptors (Lipinski definition) is 6. The van der Waals surface area contributed by atoms with Crippen LogP contribution in [0.5, 0.6) is 5.75 Å². The van der Waals surface area contributed by atoms with Crippen LogP contribution in [0.2, 0.25) is 20.1 Å². The van der Waals surface area contributed by atoms with Crippen LogP contribution in [0.1, 0.15) is 22.7 Å². The number of benzene rings is 3. The summed E-state index contributed by atoms with van der Waals surface area (Å²) in [6.45, 7) is 1.97. The van der Waals surface area contributed by atoms with Crippen LogP contribution in [0.3, 0.4) is 0 Å². The van der Waals surface area contributed by atoms with E-state index in [0.29, 0.717) is 54.5 Å². The Morgan fingerprint density at radius 2 is 1.73 bits per heavy atom. The molecular formula is C29H17Cl4FN4O2S. The van der Waals surface area contributed by atoms with E-state index in [4.69, 9.17) is 60.7 Å². The minimum Gasteiger partial charge on any atom is -0.486 e. The van der Waals surface area contributed by atoms with Crippen molar-refractivity contribution in [2.24, 2.45) is 5.10 Å². The summed E-state index contributed by atoms with van der Waals surface area (Å²) in [7, 11) is 0. The van der Waals surface area contributed by atoms with Crippen LogP contribution in [0.4, 0.5) is 4.39 Å². The molecule has 0 radical (unpaired) electrons. The van der Waals surface area contributed by atoms with Crippen LogP contribution in [0, 0.1) is 12.7 Å². The second-order valence-corrected chi connectivity index (χ2v) is 11.6. The number of ether oxygens (including phenoxy) is 1. The highest BCUT2D eigenvalue weighted by Crippen LogP contribution is 2.38. The average Bonchev–Trinajstić information content (AvgIpc) is 3.58. The lowest BCUT2D eigenvalue weighted by Gasteiger charge is -2.18. The average molecular weight is 646 g/mol. The van der Waals surface area contributed by atoms with Gasteiger partial charge in [-0.2, -0.15) is 9.78 Å². The Morgan fingerprint density at radius 1 is 0.927 bits per heavy atom. The lowest BCUT2D eigenvalue weighted by Crippen LogP contribution is -2.15. The van der Waals surface area contributed by atoms with Crippen molar-refractivity contribution in [2.45, 2.75) is 18.7 Å². The molecule has 3 aromatic carbocycles. The van der Waals surface area contributed by atoms with Crippen molar-refractivity contribution in [2.75, 3.05) is 0 Å². The van der Waals surface area contributed by atoms with Crippen molar-refractivity contribution < 1.29 is 13.5 Å². The van der Waals surface area contributed by atoms with E-state index in [1.165, 1.54) is 23.9 Å². The molecule has 1 aliphatic rings. The van der Waals surface area contributed by atoms with Crippen molar-refractivity contribution >= 4 is 70.0 Å². The van der Waals surface area contributed by atoms with E-state index in [2.05, 4.69) is 10.2 Å². The Kier molecular flexibility index (Phi) is 7.85. The van der Waals surface area contributed by atoms with E-state index in [0.717, 1.165) is 11.1 Å². The topological polar surface area (TPSA) is 65.4 Å². The first-order valence-electron chi connectivity index (χ1n) is 12.1. The van der Waals surface area contributed by atoms with Gasteiger partial charge >= 0.3 is 0 Å². The third-order valence-corrected chi connectivity index (χ3v) is 8.35. The molecule has 0 amide bonds. The largest absolute Gasteiger partial charge is 0.486 e. The van der Waals surface area contributed by atoms with Crippen LogP contribution < -0.4 is 4.74 Å². The van der Waals surface area contributed by atoms with Gasteiger partial charge in [0.05, 0.1) is 10.0 Å². The predicted octanol–water partition coefficient (Wildman–Crippen LogP) is 9.58. The van der Waals surface area contributed by atoms with Gasteiger partial charge in [0.1, 0.15) is 35.4 Å². The number of nitrogens with zero attached hydrogens (tertiary/aromatic N) is 4. The highest BCUT2D eigenvalue weighted by molar-refractivity contribution is 8.04. The van der Waals surface area contributed by atoms with Crippen LogP contribution in [0.15, 0.2) is 86.3 Å². The molecule has 6 rings (SSSR count). The summed E-state index contributed by atoms with van der Waals surface area (Å²) in [5, 5.41) is 15.2. The lowest BCUT2D eigenvalue weighted by atomic mass is 10.1. The summed E-state index contributed by atoms with van der Waals surface area (Å²) >= 11 is 25.9. The maximum absolute atomic E-state index is 14.6. The third kappa shape index (κ3) is 5.89. The van der Waals surface area contributed by atoms with Gasteiger partial charge in [-0.15, -0.1) is 10.2 Å². The van der Waals surface area contributed by atoms with E-state index >= 15 is 0 Å². The molecule has 206 valence electrons. The normalized spacial score (nSPS) is 13.8. The molecule has 6 nitrogen and oxygen atoms in total. The van der Waals surface area contributed by atoms with Crippen LogP contribution in [-0.4, -0.2) is 20.6 Å². The summed E-state index contributed by atoms with van der Waals surface area (Å²) in [6, 6.07) is 19.0. The second kappa shape index (κ2) is 11.5. The second-order valence-electron chi connectivity index (χ2n) is 8.92. The Hall–Kier alpha value is -3.27. The first kappa shape index (κ1) is 27.9. The van der Waals surface area contributed by atoms with Crippen LogP contribution in [0.25, 0.3) is 17.4 Å². The molecule has 0 saturated carbocycles. The molecule has 0 N–H and O–H groups in total. The van der Waals surface area contributed by atoms with E-state index in [9.17, 15) is 4.39 Å². The highest BCUT2D eigenvalue weighted by atomic mass is 35.5. The number of fused-ring (bicyclic) bond motifs is 1. The fraction of sp³-hybridized carbons (Fsp3) is 0.0690. The number of furan rings is 1.